The number of nitrogens with zero attached hydrogens (tertiary/aromatic N) is 2. The van der Waals surface area contributed by atoms with Crippen LogP contribution in [0.25, 0.3) is 0 Å². The maximum absolute atomic E-state index is 13.9. The molecular weight excluding hydrogens is 545 g/mol. The summed E-state index contributed by atoms with van der Waals surface area (Å²) in [4.78, 5) is 28.2. The fourth-order valence-electron chi connectivity index (χ4n) is 3.73. The van der Waals surface area contributed by atoms with E-state index in [0.717, 1.165) is 9.87 Å². The third-order valence-corrected chi connectivity index (χ3v) is 8.44. The molecule has 1 unspecified atom stereocenters. The summed E-state index contributed by atoms with van der Waals surface area (Å²) in [6.45, 7) is 5.53. The third-order valence-electron chi connectivity index (χ3n) is 5.86. The first-order chi connectivity index (χ1) is 18.0. The van der Waals surface area contributed by atoms with Crippen LogP contribution in [0.4, 0.5) is 5.69 Å². The highest BCUT2D eigenvalue weighted by Crippen LogP contribution is 2.35. The molecule has 0 saturated heterocycles. The molecule has 0 saturated carbocycles. The molecule has 0 aliphatic rings. The molecule has 0 radical (unpaired) electrons. The molecule has 0 aromatic heterocycles. The minimum atomic E-state index is -4.22. The van der Waals surface area contributed by atoms with Crippen LogP contribution in [0, 0.1) is 5.92 Å². The molecule has 0 spiro atoms. The number of halogens is 2. The monoisotopic (exact) mass is 575 g/mol. The molecule has 0 aliphatic heterocycles. The number of nitrogens with one attached hydrogen (secondary N) is 1. The Labute approximate surface area is 234 Å². The lowest BCUT2D eigenvalue weighted by molar-refractivity contribution is -0.139. The molecule has 3 aromatic rings. The van der Waals surface area contributed by atoms with E-state index in [4.69, 9.17) is 23.2 Å². The first-order valence-corrected chi connectivity index (χ1v) is 14.3. The summed E-state index contributed by atoms with van der Waals surface area (Å²) < 4.78 is 28.5. The predicted molar refractivity (Wildman–Crippen MR) is 152 cm³/mol. The molecule has 0 bridgehead atoms. The summed E-state index contributed by atoms with van der Waals surface area (Å²) in [7, 11) is -4.22. The summed E-state index contributed by atoms with van der Waals surface area (Å²) >= 11 is 12.6. The van der Waals surface area contributed by atoms with Crippen molar-refractivity contribution < 1.29 is 18.0 Å². The van der Waals surface area contributed by atoms with Gasteiger partial charge in [0, 0.05) is 13.1 Å². The SMILES string of the molecule is CC(C)CNC(=O)C(C)N(Cc1ccccc1)C(=O)CN(c1cccc(Cl)c1Cl)S(=O)(=O)c1ccccc1. The van der Waals surface area contributed by atoms with Crippen LogP contribution in [0.3, 0.4) is 0 Å². The molecule has 1 N–H and O–H groups in total. The summed E-state index contributed by atoms with van der Waals surface area (Å²) in [6, 6.07) is 20.7. The maximum atomic E-state index is 13.9. The van der Waals surface area contributed by atoms with Crippen molar-refractivity contribution in [3.8, 4) is 0 Å². The van der Waals surface area contributed by atoms with Crippen LogP contribution in [0.15, 0.2) is 83.8 Å². The number of benzene rings is 3. The fraction of sp³-hybridized carbons (Fsp3) is 0.286. The van der Waals surface area contributed by atoms with E-state index in [0.29, 0.717) is 6.54 Å². The van der Waals surface area contributed by atoms with Gasteiger partial charge in [-0.05, 0) is 42.7 Å². The van der Waals surface area contributed by atoms with Crippen molar-refractivity contribution >= 4 is 50.7 Å². The van der Waals surface area contributed by atoms with E-state index >= 15 is 0 Å². The van der Waals surface area contributed by atoms with Gasteiger partial charge >= 0.3 is 0 Å². The largest absolute Gasteiger partial charge is 0.354 e. The minimum Gasteiger partial charge on any atom is -0.354 e. The average molecular weight is 577 g/mol. The molecule has 3 rings (SSSR count). The van der Waals surface area contributed by atoms with Gasteiger partial charge in [0.2, 0.25) is 11.8 Å². The van der Waals surface area contributed by atoms with Gasteiger partial charge in [0.05, 0.1) is 20.6 Å². The van der Waals surface area contributed by atoms with E-state index in [1.165, 1.54) is 29.2 Å². The normalized spacial score (nSPS) is 12.2. The number of carbonyl (C=O) groups is 2. The lowest BCUT2D eigenvalue weighted by atomic mass is 10.1. The zero-order valence-electron chi connectivity index (χ0n) is 21.5. The Morgan fingerprint density at radius 1 is 0.868 bits per heavy atom. The molecule has 7 nitrogen and oxygen atoms in total. The number of hydrogen-bond acceptors (Lipinski definition) is 4. The van der Waals surface area contributed by atoms with Crippen LogP contribution in [0.2, 0.25) is 10.0 Å². The maximum Gasteiger partial charge on any atom is 0.264 e. The highest BCUT2D eigenvalue weighted by molar-refractivity contribution is 7.92. The second-order valence-electron chi connectivity index (χ2n) is 9.22. The molecule has 2 amide bonds. The van der Waals surface area contributed by atoms with Crippen LogP contribution in [0.5, 0.6) is 0 Å². The Bertz CT molecular complexity index is 1350. The minimum absolute atomic E-state index is 0.00110. The zero-order valence-corrected chi connectivity index (χ0v) is 23.8. The molecule has 38 heavy (non-hydrogen) atoms. The molecule has 0 fully saturated rings. The van der Waals surface area contributed by atoms with Gasteiger partial charge in [-0.15, -0.1) is 0 Å². The highest BCUT2D eigenvalue weighted by atomic mass is 35.5. The Hall–Kier alpha value is -3.07. The second-order valence-corrected chi connectivity index (χ2v) is 11.9. The van der Waals surface area contributed by atoms with Crippen LogP contribution in [-0.4, -0.2) is 44.3 Å². The number of anilines is 1. The Kier molecular flexibility index (Phi) is 10.2. The standard InChI is InChI=1S/C28H31Cl2N3O4S/c1-20(2)17-31-28(35)21(3)32(18-22-11-6-4-7-12-22)26(34)19-33(25-16-10-15-24(29)27(25)30)38(36,37)23-13-8-5-9-14-23/h4-16,20-21H,17-19H2,1-3H3,(H,31,35). The third kappa shape index (κ3) is 7.28. The summed E-state index contributed by atoms with van der Waals surface area (Å²) in [5.41, 5.74) is 0.857. The van der Waals surface area contributed by atoms with Crippen molar-refractivity contribution in [3.05, 3.63) is 94.5 Å². The van der Waals surface area contributed by atoms with Gasteiger partial charge in [0.15, 0.2) is 0 Å². The first kappa shape index (κ1) is 29.5. The zero-order chi connectivity index (χ0) is 27.9. The molecule has 10 heteroatoms. The highest BCUT2D eigenvalue weighted by Gasteiger charge is 2.33. The van der Waals surface area contributed by atoms with Crippen LogP contribution < -0.4 is 9.62 Å². The van der Waals surface area contributed by atoms with Crippen molar-refractivity contribution in [2.24, 2.45) is 5.92 Å². The Balaban J connectivity index is 2.03. The topological polar surface area (TPSA) is 86.8 Å². The van der Waals surface area contributed by atoms with Gasteiger partial charge in [-0.3, -0.25) is 13.9 Å². The van der Waals surface area contributed by atoms with E-state index in [-0.39, 0.29) is 39.0 Å². The molecule has 1 atom stereocenters. The smallest absolute Gasteiger partial charge is 0.264 e. The lowest BCUT2D eigenvalue weighted by Crippen LogP contribution is -2.51. The summed E-state index contributed by atoms with van der Waals surface area (Å²) in [5, 5.41) is 3.00. The van der Waals surface area contributed by atoms with E-state index in [2.05, 4.69) is 5.32 Å². The van der Waals surface area contributed by atoms with Gasteiger partial charge in [-0.1, -0.05) is 91.6 Å². The van der Waals surface area contributed by atoms with Crippen molar-refractivity contribution in [3.63, 3.8) is 0 Å². The second kappa shape index (κ2) is 13.1. The summed E-state index contributed by atoms with van der Waals surface area (Å²) in [6.07, 6.45) is 0. The molecule has 0 heterocycles. The summed E-state index contributed by atoms with van der Waals surface area (Å²) in [5.74, 6) is -0.682. The molecular formula is C28H31Cl2N3O4S. The van der Waals surface area contributed by atoms with E-state index in [1.54, 1.807) is 31.2 Å². The van der Waals surface area contributed by atoms with Crippen molar-refractivity contribution in [2.45, 2.75) is 38.3 Å². The number of sulfonamides is 1. The molecule has 0 aliphatic carbocycles. The van der Waals surface area contributed by atoms with Gasteiger partial charge < -0.3 is 10.2 Å². The van der Waals surface area contributed by atoms with Gasteiger partial charge in [0.25, 0.3) is 10.0 Å². The van der Waals surface area contributed by atoms with Crippen LogP contribution in [0.1, 0.15) is 26.3 Å². The fourth-order valence-corrected chi connectivity index (χ4v) is 5.63. The average Bonchev–Trinajstić information content (AvgIpc) is 2.91. The van der Waals surface area contributed by atoms with E-state index in [1.807, 2.05) is 44.2 Å². The number of amides is 2. The number of rotatable bonds is 11. The quantitative estimate of drug-likeness (QED) is 0.332. The van der Waals surface area contributed by atoms with Crippen LogP contribution >= 0.6 is 23.2 Å². The van der Waals surface area contributed by atoms with Crippen LogP contribution in [-0.2, 0) is 26.2 Å². The van der Waals surface area contributed by atoms with Crippen molar-refractivity contribution in [1.29, 1.82) is 0 Å². The first-order valence-electron chi connectivity index (χ1n) is 12.1. The number of hydrogen-bond donors (Lipinski definition) is 1. The Morgan fingerprint density at radius 3 is 2.08 bits per heavy atom. The van der Waals surface area contributed by atoms with E-state index in [9.17, 15) is 18.0 Å². The van der Waals surface area contributed by atoms with Gasteiger partial charge in [-0.25, -0.2) is 8.42 Å². The van der Waals surface area contributed by atoms with E-state index < -0.39 is 28.5 Å². The lowest BCUT2D eigenvalue weighted by Gasteiger charge is -2.32. The van der Waals surface area contributed by atoms with Crippen molar-refractivity contribution in [2.75, 3.05) is 17.4 Å². The molecule has 3 aromatic carbocycles. The van der Waals surface area contributed by atoms with Gasteiger partial charge in [0.1, 0.15) is 12.6 Å². The number of carbonyl (C=O) groups excluding carboxylic acids is 2. The Morgan fingerprint density at radius 2 is 1.47 bits per heavy atom. The van der Waals surface area contributed by atoms with Crippen molar-refractivity contribution in [1.82, 2.24) is 10.2 Å². The predicted octanol–water partition coefficient (Wildman–Crippen LogP) is 5.38. The molecule has 202 valence electrons. The van der Waals surface area contributed by atoms with Gasteiger partial charge in [-0.2, -0.15) is 0 Å².